The van der Waals surface area contributed by atoms with Gasteiger partial charge in [-0.25, -0.2) is 4.39 Å². The number of amides is 1. The first-order valence-corrected chi connectivity index (χ1v) is 8.69. The number of rotatable bonds is 5. The van der Waals surface area contributed by atoms with Crippen molar-refractivity contribution in [3.63, 3.8) is 0 Å². The van der Waals surface area contributed by atoms with Crippen LogP contribution in [-0.2, 0) is 4.79 Å². The van der Waals surface area contributed by atoms with E-state index >= 15 is 0 Å². The molecule has 1 atom stereocenters. The van der Waals surface area contributed by atoms with Gasteiger partial charge in [-0.3, -0.25) is 4.79 Å². The normalized spacial score (nSPS) is 15.1. The Balaban J connectivity index is 1.85. The molecule has 120 valence electrons. The molecule has 0 bridgehead atoms. The summed E-state index contributed by atoms with van der Waals surface area (Å²) in [6.45, 7) is 2.04. The van der Waals surface area contributed by atoms with E-state index in [1.807, 2.05) is 25.1 Å². The zero-order valence-corrected chi connectivity index (χ0v) is 14.9. The molecule has 0 heterocycles. The maximum Gasteiger partial charge on any atom is 0.247 e. The van der Waals surface area contributed by atoms with Crippen LogP contribution in [-0.4, -0.2) is 11.9 Å². The molecule has 1 fully saturated rings. The Morgan fingerprint density at radius 3 is 2.52 bits per heavy atom. The Morgan fingerprint density at radius 2 is 1.91 bits per heavy atom. The van der Waals surface area contributed by atoms with E-state index in [2.05, 4.69) is 33.2 Å². The summed E-state index contributed by atoms with van der Waals surface area (Å²) in [5, 5.41) is 6.29. The number of carbonyl (C=O) groups is 1. The van der Waals surface area contributed by atoms with E-state index in [-0.39, 0.29) is 17.8 Å². The molecule has 0 aromatic heterocycles. The summed E-state index contributed by atoms with van der Waals surface area (Å²) in [4.78, 5) is 12.6. The van der Waals surface area contributed by atoms with Crippen LogP contribution in [0.15, 0.2) is 42.5 Å². The first-order chi connectivity index (χ1) is 11.0. The molecule has 1 aliphatic rings. The van der Waals surface area contributed by atoms with Crippen molar-refractivity contribution in [2.75, 3.05) is 5.32 Å². The SMILES string of the molecule is Cc1ccc(NC(C(=O)NC2CC2)c2ccc(F)cc2)cc1I. The Morgan fingerprint density at radius 1 is 1.22 bits per heavy atom. The molecule has 2 aromatic rings. The predicted molar refractivity (Wildman–Crippen MR) is 97.8 cm³/mol. The lowest BCUT2D eigenvalue weighted by Crippen LogP contribution is -2.34. The molecule has 1 saturated carbocycles. The van der Waals surface area contributed by atoms with Crippen molar-refractivity contribution >= 4 is 34.2 Å². The Labute approximate surface area is 148 Å². The van der Waals surface area contributed by atoms with Crippen LogP contribution in [0.2, 0.25) is 0 Å². The van der Waals surface area contributed by atoms with Crippen molar-refractivity contribution in [2.24, 2.45) is 0 Å². The number of halogens is 2. The van der Waals surface area contributed by atoms with E-state index in [4.69, 9.17) is 0 Å². The van der Waals surface area contributed by atoms with Crippen molar-refractivity contribution in [3.05, 3.63) is 63.0 Å². The van der Waals surface area contributed by atoms with Crippen LogP contribution < -0.4 is 10.6 Å². The van der Waals surface area contributed by atoms with Gasteiger partial charge in [0.15, 0.2) is 0 Å². The molecule has 3 rings (SSSR count). The first-order valence-electron chi connectivity index (χ1n) is 7.61. The average Bonchev–Trinajstić information content (AvgIpc) is 3.33. The third-order valence-electron chi connectivity index (χ3n) is 3.87. The van der Waals surface area contributed by atoms with Crippen molar-refractivity contribution in [1.29, 1.82) is 0 Å². The van der Waals surface area contributed by atoms with Gasteiger partial charge < -0.3 is 10.6 Å². The molecule has 23 heavy (non-hydrogen) atoms. The van der Waals surface area contributed by atoms with Crippen LogP contribution in [0.5, 0.6) is 0 Å². The lowest BCUT2D eigenvalue weighted by Gasteiger charge is -2.20. The third kappa shape index (κ3) is 4.22. The van der Waals surface area contributed by atoms with Crippen LogP contribution in [0.1, 0.15) is 30.0 Å². The van der Waals surface area contributed by atoms with Gasteiger partial charge in [0, 0.05) is 15.3 Å². The Bertz CT molecular complexity index is 713. The number of anilines is 1. The summed E-state index contributed by atoms with van der Waals surface area (Å²) in [5.74, 6) is -0.380. The summed E-state index contributed by atoms with van der Waals surface area (Å²) < 4.78 is 14.3. The molecule has 0 radical (unpaired) electrons. The van der Waals surface area contributed by atoms with Gasteiger partial charge in [0.2, 0.25) is 5.91 Å². The van der Waals surface area contributed by atoms with E-state index in [1.165, 1.54) is 17.7 Å². The van der Waals surface area contributed by atoms with Gasteiger partial charge in [-0.2, -0.15) is 0 Å². The van der Waals surface area contributed by atoms with Crippen LogP contribution in [0.3, 0.4) is 0 Å². The molecular weight excluding hydrogens is 406 g/mol. The molecule has 0 spiro atoms. The number of hydrogen-bond donors (Lipinski definition) is 2. The fourth-order valence-corrected chi connectivity index (χ4v) is 2.83. The van der Waals surface area contributed by atoms with E-state index < -0.39 is 6.04 Å². The highest BCUT2D eigenvalue weighted by molar-refractivity contribution is 14.1. The van der Waals surface area contributed by atoms with Crippen molar-refractivity contribution in [2.45, 2.75) is 31.8 Å². The van der Waals surface area contributed by atoms with Gasteiger partial charge >= 0.3 is 0 Å². The standard InChI is InChI=1S/C18H18FIN2O/c1-11-2-7-15(10-16(11)20)21-17(18(23)22-14-8-9-14)12-3-5-13(19)6-4-12/h2-7,10,14,17,21H,8-9H2,1H3,(H,22,23). The zero-order chi connectivity index (χ0) is 16.4. The number of benzene rings is 2. The monoisotopic (exact) mass is 424 g/mol. The largest absolute Gasteiger partial charge is 0.370 e. The second-order valence-corrected chi connectivity index (χ2v) is 7.04. The highest BCUT2D eigenvalue weighted by Crippen LogP contribution is 2.25. The highest BCUT2D eigenvalue weighted by Gasteiger charge is 2.28. The number of aryl methyl sites for hydroxylation is 1. The average molecular weight is 424 g/mol. The summed E-state index contributed by atoms with van der Waals surface area (Å²) in [7, 11) is 0. The zero-order valence-electron chi connectivity index (χ0n) is 12.8. The van der Waals surface area contributed by atoms with E-state index in [9.17, 15) is 9.18 Å². The van der Waals surface area contributed by atoms with Crippen LogP contribution in [0.25, 0.3) is 0 Å². The fraction of sp³-hybridized carbons (Fsp3) is 0.278. The van der Waals surface area contributed by atoms with E-state index in [1.54, 1.807) is 12.1 Å². The first kappa shape index (κ1) is 16.2. The molecule has 1 amide bonds. The lowest BCUT2D eigenvalue weighted by atomic mass is 10.1. The van der Waals surface area contributed by atoms with Crippen molar-refractivity contribution in [1.82, 2.24) is 5.32 Å². The summed E-state index contributed by atoms with van der Waals surface area (Å²) in [6.07, 6.45) is 2.06. The van der Waals surface area contributed by atoms with Crippen molar-refractivity contribution in [3.8, 4) is 0 Å². The van der Waals surface area contributed by atoms with Gasteiger partial charge in [-0.15, -0.1) is 0 Å². The molecular formula is C18H18FIN2O. The molecule has 2 N–H and O–H groups in total. The van der Waals surface area contributed by atoms with Crippen LogP contribution >= 0.6 is 22.6 Å². The van der Waals surface area contributed by atoms with E-state index in [0.29, 0.717) is 0 Å². The molecule has 0 saturated heterocycles. The maximum atomic E-state index is 13.2. The minimum absolute atomic E-state index is 0.0744. The summed E-state index contributed by atoms with van der Waals surface area (Å²) >= 11 is 2.27. The second-order valence-electron chi connectivity index (χ2n) is 5.88. The molecule has 2 aromatic carbocycles. The number of nitrogens with one attached hydrogen (secondary N) is 2. The maximum absolute atomic E-state index is 13.2. The third-order valence-corrected chi connectivity index (χ3v) is 5.03. The summed E-state index contributed by atoms with van der Waals surface area (Å²) in [6, 6.07) is 11.8. The molecule has 5 heteroatoms. The van der Waals surface area contributed by atoms with Crippen LogP contribution in [0.4, 0.5) is 10.1 Å². The Hall–Kier alpha value is -1.63. The van der Waals surface area contributed by atoms with E-state index in [0.717, 1.165) is 27.7 Å². The van der Waals surface area contributed by atoms with Gasteiger partial charge in [0.25, 0.3) is 0 Å². The number of hydrogen-bond acceptors (Lipinski definition) is 2. The smallest absolute Gasteiger partial charge is 0.247 e. The fourth-order valence-electron chi connectivity index (χ4n) is 2.32. The lowest BCUT2D eigenvalue weighted by molar-refractivity contribution is -0.122. The molecule has 3 nitrogen and oxygen atoms in total. The van der Waals surface area contributed by atoms with Crippen LogP contribution in [0, 0.1) is 16.3 Å². The van der Waals surface area contributed by atoms with Gasteiger partial charge in [0.1, 0.15) is 11.9 Å². The predicted octanol–water partition coefficient (Wildman–Crippen LogP) is 4.17. The molecule has 1 unspecified atom stereocenters. The minimum Gasteiger partial charge on any atom is -0.370 e. The Kier molecular flexibility index (Phi) is 4.84. The van der Waals surface area contributed by atoms with Gasteiger partial charge in [-0.1, -0.05) is 18.2 Å². The number of carbonyl (C=O) groups excluding carboxylic acids is 1. The minimum atomic E-state index is -0.533. The van der Waals surface area contributed by atoms with Crippen molar-refractivity contribution < 1.29 is 9.18 Å². The molecule has 1 aliphatic carbocycles. The van der Waals surface area contributed by atoms with Gasteiger partial charge in [-0.05, 0) is 77.7 Å². The molecule has 0 aliphatic heterocycles. The second kappa shape index (κ2) is 6.86. The highest BCUT2D eigenvalue weighted by atomic mass is 127. The van der Waals surface area contributed by atoms with Gasteiger partial charge in [0.05, 0.1) is 0 Å². The topological polar surface area (TPSA) is 41.1 Å². The quantitative estimate of drug-likeness (QED) is 0.708. The summed E-state index contributed by atoms with van der Waals surface area (Å²) in [5.41, 5.74) is 2.82.